The molecule has 0 atom stereocenters. The molecule has 4 nitrogen and oxygen atoms in total. The summed E-state index contributed by atoms with van der Waals surface area (Å²) in [5.41, 5.74) is 1.57. The Labute approximate surface area is 124 Å². The van der Waals surface area contributed by atoms with Crippen molar-refractivity contribution in [1.82, 2.24) is 9.97 Å². The van der Waals surface area contributed by atoms with Crippen LogP contribution in [0.5, 0.6) is 0 Å². The lowest BCUT2D eigenvalue weighted by molar-refractivity contribution is 0.953. The summed E-state index contributed by atoms with van der Waals surface area (Å²) in [6, 6.07) is 15.2. The zero-order valence-electron chi connectivity index (χ0n) is 10.6. The van der Waals surface area contributed by atoms with Crippen molar-refractivity contribution in [3.8, 4) is 0 Å². The van der Waals surface area contributed by atoms with Crippen molar-refractivity contribution >= 4 is 32.5 Å². The van der Waals surface area contributed by atoms with Crippen molar-refractivity contribution in [1.29, 1.82) is 0 Å². The minimum absolute atomic E-state index is 0.110. The van der Waals surface area contributed by atoms with E-state index >= 15 is 0 Å². The maximum atomic E-state index is 11.9. The van der Waals surface area contributed by atoms with E-state index in [4.69, 9.17) is 0 Å². The van der Waals surface area contributed by atoms with Crippen LogP contribution >= 0.6 is 15.9 Å². The highest BCUT2D eigenvalue weighted by atomic mass is 79.9. The molecule has 0 fully saturated rings. The predicted octanol–water partition coefficient (Wildman–Crippen LogP) is 3.30. The lowest BCUT2D eigenvalue weighted by atomic mass is 10.2. The number of hydrogen-bond acceptors (Lipinski definition) is 3. The van der Waals surface area contributed by atoms with Gasteiger partial charge in [0.15, 0.2) is 0 Å². The first-order valence-corrected chi connectivity index (χ1v) is 6.99. The second kappa shape index (κ2) is 5.46. The van der Waals surface area contributed by atoms with Crippen LogP contribution in [0.2, 0.25) is 0 Å². The Kier molecular flexibility index (Phi) is 3.52. The number of aromatic amines is 1. The lowest BCUT2D eigenvalue weighted by Crippen LogP contribution is -2.14. The van der Waals surface area contributed by atoms with Gasteiger partial charge in [0.25, 0.3) is 5.56 Å². The Bertz CT molecular complexity index is 813. The largest absolute Gasteiger partial charge is 0.378 e. The van der Waals surface area contributed by atoms with Crippen LogP contribution < -0.4 is 10.9 Å². The van der Waals surface area contributed by atoms with Crippen LogP contribution in [0.4, 0.5) is 5.69 Å². The van der Waals surface area contributed by atoms with Gasteiger partial charge < -0.3 is 10.3 Å². The highest BCUT2D eigenvalue weighted by Gasteiger charge is 2.03. The minimum atomic E-state index is -0.110. The number of nitrogens with one attached hydrogen (secondary N) is 2. The minimum Gasteiger partial charge on any atom is -0.378 e. The predicted molar refractivity (Wildman–Crippen MR) is 83.8 cm³/mol. The van der Waals surface area contributed by atoms with Crippen LogP contribution in [0.3, 0.4) is 0 Å². The zero-order chi connectivity index (χ0) is 13.9. The van der Waals surface area contributed by atoms with E-state index in [0.29, 0.717) is 23.3 Å². The topological polar surface area (TPSA) is 57.8 Å². The van der Waals surface area contributed by atoms with Crippen LogP contribution in [0.1, 0.15) is 5.82 Å². The van der Waals surface area contributed by atoms with E-state index in [9.17, 15) is 4.79 Å². The first-order chi connectivity index (χ1) is 9.72. The molecule has 0 bridgehead atoms. The number of para-hydroxylation sites is 1. The molecule has 2 N–H and O–H groups in total. The summed E-state index contributed by atoms with van der Waals surface area (Å²) >= 11 is 3.42. The molecule has 20 heavy (non-hydrogen) atoms. The third-order valence-electron chi connectivity index (χ3n) is 2.95. The van der Waals surface area contributed by atoms with E-state index in [1.807, 2.05) is 42.5 Å². The summed E-state index contributed by atoms with van der Waals surface area (Å²) in [6.45, 7) is 0.469. The molecule has 5 heteroatoms. The van der Waals surface area contributed by atoms with Gasteiger partial charge in [0.2, 0.25) is 0 Å². The molecular weight excluding hydrogens is 318 g/mol. The first kappa shape index (κ1) is 12.9. The molecule has 0 saturated heterocycles. The number of benzene rings is 2. The van der Waals surface area contributed by atoms with Crippen LogP contribution in [0.15, 0.2) is 57.8 Å². The van der Waals surface area contributed by atoms with Crippen LogP contribution in [0.25, 0.3) is 10.9 Å². The molecule has 100 valence electrons. The van der Waals surface area contributed by atoms with E-state index in [1.54, 1.807) is 6.07 Å². The Morgan fingerprint density at radius 3 is 2.85 bits per heavy atom. The molecule has 0 aliphatic carbocycles. The standard InChI is InChI=1S/C15H12BrN3O/c16-10-4-3-5-11(8-10)17-9-14-18-13-7-2-1-6-12(13)15(20)19-14/h1-8,17H,9H2,(H,18,19,20). The molecule has 3 aromatic rings. The van der Waals surface area contributed by atoms with Crippen molar-refractivity contribution in [2.24, 2.45) is 0 Å². The van der Waals surface area contributed by atoms with Gasteiger partial charge in [0.05, 0.1) is 17.4 Å². The third kappa shape index (κ3) is 2.72. The number of aromatic nitrogens is 2. The van der Waals surface area contributed by atoms with E-state index in [-0.39, 0.29) is 5.56 Å². The average molecular weight is 330 g/mol. The van der Waals surface area contributed by atoms with E-state index in [2.05, 4.69) is 31.2 Å². The monoisotopic (exact) mass is 329 g/mol. The Morgan fingerprint density at radius 2 is 2.00 bits per heavy atom. The fourth-order valence-corrected chi connectivity index (χ4v) is 2.40. The summed E-state index contributed by atoms with van der Waals surface area (Å²) < 4.78 is 1.00. The molecule has 0 amide bonds. The lowest BCUT2D eigenvalue weighted by Gasteiger charge is -2.07. The van der Waals surface area contributed by atoms with E-state index < -0.39 is 0 Å². The van der Waals surface area contributed by atoms with Crippen molar-refractivity contribution in [2.75, 3.05) is 5.32 Å². The van der Waals surface area contributed by atoms with Gasteiger partial charge in [-0.15, -0.1) is 0 Å². The normalized spacial score (nSPS) is 10.7. The number of rotatable bonds is 3. The summed E-state index contributed by atoms with van der Waals surface area (Å²) in [7, 11) is 0. The van der Waals surface area contributed by atoms with E-state index in [1.165, 1.54) is 0 Å². The van der Waals surface area contributed by atoms with Crippen LogP contribution in [-0.2, 0) is 6.54 Å². The van der Waals surface area contributed by atoms with Crippen molar-refractivity contribution < 1.29 is 0 Å². The second-order valence-electron chi connectivity index (χ2n) is 4.39. The maximum Gasteiger partial charge on any atom is 0.258 e. The summed E-state index contributed by atoms with van der Waals surface area (Å²) in [6.07, 6.45) is 0. The summed E-state index contributed by atoms with van der Waals surface area (Å²) in [5, 5.41) is 3.84. The van der Waals surface area contributed by atoms with Gasteiger partial charge in [-0.25, -0.2) is 4.98 Å². The van der Waals surface area contributed by atoms with E-state index in [0.717, 1.165) is 10.2 Å². The molecule has 0 spiro atoms. The number of nitrogens with zero attached hydrogens (tertiary/aromatic N) is 1. The molecule has 1 aromatic heterocycles. The Hall–Kier alpha value is -2.14. The zero-order valence-corrected chi connectivity index (χ0v) is 12.1. The number of fused-ring (bicyclic) bond motifs is 1. The number of hydrogen-bond donors (Lipinski definition) is 2. The number of halogens is 1. The molecule has 0 aliphatic heterocycles. The fraction of sp³-hybridized carbons (Fsp3) is 0.0667. The Balaban J connectivity index is 1.86. The van der Waals surface area contributed by atoms with Gasteiger partial charge in [-0.2, -0.15) is 0 Å². The molecule has 0 unspecified atom stereocenters. The Morgan fingerprint density at radius 1 is 1.15 bits per heavy atom. The van der Waals surface area contributed by atoms with Crippen molar-refractivity contribution in [3.05, 3.63) is 69.2 Å². The number of H-pyrrole nitrogens is 1. The smallest absolute Gasteiger partial charge is 0.258 e. The molecule has 1 heterocycles. The highest BCUT2D eigenvalue weighted by molar-refractivity contribution is 9.10. The molecular formula is C15H12BrN3O. The highest BCUT2D eigenvalue weighted by Crippen LogP contribution is 2.16. The quantitative estimate of drug-likeness (QED) is 0.775. The average Bonchev–Trinajstić information content (AvgIpc) is 2.45. The summed E-state index contributed by atoms with van der Waals surface area (Å²) in [4.78, 5) is 19.2. The maximum absolute atomic E-state index is 11.9. The first-order valence-electron chi connectivity index (χ1n) is 6.20. The SMILES string of the molecule is O=c1[nH]c(CNc2cccc(Br)c2)nc2ccccc12. The number of anilines is 1. The van der Waals surface area contributed by atoms with Gasteiger partial charge in [-0.05, 0) is 30.3 Å². The van der Waals surface area contributed by atoms with Crippen LogP contribution in [-0.4, -0.2) is 9.97 Å². The third-order valence-corrected chi connectivity index (χ3v) is 3.44. The van der Waals surface area contributed by atoms with Gasteiger partial charge in [-0.3, -0.25) is 4.79 Å². The molecule has 0 aliphatic rings. The fourth-order valence-electron chi connectivity index (χ4n) is 2.00. The van der Waals surface area contributed by atoms with Crippen LogP contribution in [0, 0.1) is 0 Å². The van der Waals surface area contributed by atoms with Gasteiger partial charge >= 0.3 is 0 Å². The van der Waals surface area contributed by atoms with Crippen molar-refractivity contribution in [2.45, 2.75) is 6.54 Å². The molecule has 2 aromatic carbocycles. The van der Waals surface area contributed by atoms with Gasteiger partial charge in [0, 0.05) is 10.2 Å². The molecule has 0 radical (unpaired) electrons. The second-order valence-corrected chi connectivity index (χ2v) is 5.31. The molecule has 0 saturated carbocycles. The van der Waals surface area contributed by atoms with Gasteiger partial charge in [0.1, 0.15) is 5.82 Å². The molecule has 3 rings (SSSR count). The van der Waals surface area contributed by atoms with Gasteiger partial charge in [-0.1, -0.05) is 34.1 Å². The summed E-state index contributed by atoms with van der Waals surface area (Å²) in [5.74, 6) is 0.619. The van der Waals surface area contributed by atoms with Crippen molar-refractivity contribution in [3.63, 3.8) is 0 Å².